The molecule has 2 aliphatic rings. The first-order valence-corrected chi connectivity index (χ1v) is 8.55. The number of hydrogen-bond donors (Lipinski definition) is 0. The molecule has 22 heavy (non-hydrogen) atoms. The van der Waals surface area contributed by atoms with Gasteiger partial charge in [0.25, 0.3) is 0 Å². The lowest BCUT2D eigenvalue weighted by Crippen LogP contribution is -2.57. The van der Waals surface area contributed by atoms with Crippen LogP contribution in [0.2, 0.25) is 0 Å². The summed E-state index contributed by atoms with van der Waals surface area (Å²) in [5, 5.41) is 0. The minimum absolute atomic E-state index is 0.354. The zero-order valence-electron chi connectivity index (χ0n) is 13.6. The van der Waals surface area contributed by atoms with Gasteiger partial charge in [0, 0.05) is 12.6 Å². The Labute approximate surface area is 134 Å². The summed E-state index contributed by atoms with van der Waals surface area (Å²) in [4.78, 5) is 2.72. The van der Waals surface area contributed by atoms with Crippen molar-refractivity contribution in [1.82, 2.24) is 4.90 Å². The first-order valence-electron chi connectivity index (χ1n) is 8.55. The van der Waals surface area contributed by atoms with Crippen LogP contribution in [-0.2, 0) is 18.4 Å². The zero-order valence-corrected chi connectivity index (χ0v) is 13.6. The normalized spacial score (nSPS) is 30.8. The highest BCUT2D eigenvalue weighted by atomic mass is 15.2. The quantitative estimate of drug-likeness (QED) is 0.792. The van der Waals surface area contributed by atoms with Crippen molar-refractivity contribution in [3.8, 4) is 0 Å². The van der Waals surface area contributed by atoms with Crippen LogP contribution in [0.1, 0.15) is 37.0 Å². The van der Waals surface area contributed by atoms with E-state index >= 15 is 0 Å². The Morgan fingerprint density at radius 3 is 2.59 bits per heavy atom. The number of nitrogens with zero attached hydrogens (tertiary/aromatic N) is 1. The Morgan fingerprint density at radius 2 is 1.77 bits per heavy atom. The lowest BCUT2D eigenvalue weighted by molar-refractivity contribution is 0.0259. The molecule has 0 amide bonds. The molecule has 1 aliphatic heterocycles. The molecule has 2 aromatic carbocycles. The second-order valence-corrected chi connectivity index (χ2v) is 7.34. The van der Waals surface area contributed by atoms with E-state index in [0.29, 0.717) is 11.5 Å². The molecule has 1 heteroatoms. The van der Waals surface area contributed by atoms with E-state index in [9.17, 15) is 0 Å². The molecular weight excluding hydrogens is 266 g/mol. The van der Waals surface area contributed by atoms with Crippen LogP contribution in [0.25, 0.3) is 0 Å². The van der Waals surface area contributed by atoms with Gasteiger partial charge in [-0.25, -0.2) is 0 Å². The minimum atomic E-state index is 0.354. The maximum atomic E-state index is 2.72. The second-order valence-electron chi connectivity index (χ2n) is 7.34. The first kappa shape index (κ1) is 14.0. The Morgan fingerprint density at radius 1 is 1.05 bits per heavy atom. The van der Waals surface area contributed by atoms with Gasteiger partial charge in [0.1, 0.15) is 0 Å². The topological polar surface area (TPSA) is 3.24 Å². The summed E-state index contributed by atoms with van der Waals surface area (Å²) in [6.45, 7) is 7.27. The van der Waals surface area contributed by atoms with E-state index in [-0.39, 0.29) is 0 Å². The van der Waals surface area contributed by atoms with Crippen molar-refractivity contribution in [3.05, 3.63) is 71.3 Å². The van der Waals surface area contributed by atoms with Crippen LogP contribution >= 0.6 is 0 Å². The standard InChI is InChI=1S/C21H25N/c1-16-20-14-18-10-6-7-11-19(18)21(16,2)12-13-22(20)15-17-8-4-3-5-9-17/h3-11,16,20H,12-15H2,1-2H3/t16?,20-,21-/m0/s1. The van der Waals surface area contributed by atoms with Gasteiger partial charge in [-0.3, -0.25) is 4.90 Å². The van der Waals surface area contributed by atoms with Gasteiger partial charge in [-0.2, -0.15) is 0 Å². The first-order chi connectivity index (χ1) is 10.7. The maximum Gasteiger partial charge on any atom is 0.0236 e. The van der Waals surface area contributed by atoms with Gasteiger partial charge in [-0.05, 0) is 47.4 Å². The predicted molar refractivity (Wildman–Crippen MR) is 91.9 cm³/mol. The highest BCUT2D eigenvalue weighted by Crippen LogP contribution is 2.48. The molecule has 0 N–H and O–H groups in total. The van der Waals surface area contributed by atoms with Crippen LogP contribution in [0.15, 0.2) is 54.6 Å². The van der Waals surface area contributed by atoms with E-state index in [1.165, 1.54) is 24.9 Å². The summed E-state index contributed by atoms with van der Waals surface area (Å²) >= 11 is 0. The third-order valence-electron chi connectivity index (χ3n) is 6.26. The van der Waals surface area contributed by atoms with E-state index < -0.39 is 0 Å². The number of likely N-dealkylation sites (tertiary alicyclic amines) is 1. The van der Waals surface area contributed by atoms with Crippen LogP contribution < -0.4 is 0 Å². The maximum absolute atomic E-state index is 2.72. The third-order valence-corrected chi connectivity index (χ3v) is 6.26. The van der Waals surface area contributed by atoms with Gasteiger partial charge in [-0.15, -0.1) is 0 Å². The number of fused-ring (bicyclic) bond motifs is 4. The third kappa shape index (κ3) is 2.11. The Hall–Kier alpha value is -1.60. The zero-order chi connectivity index (χ0) is 15.2. The number of piperidine rings is 1. The molecule has 1 heterocycles. The fourth-order valence-corrected chi connectivity index (χ4v) is 4.69. The molecule has 114 valence electrons. The molecule has 2 aromatic rings. The van der Waals surface area contributed by atoms with Crippen LogP contribution in [0.5, 0.6) is 0 Å². The summed E-state index contributed by atoms with van der Waals surface area (Å²) < 4.78 is 0. The molecule has 1 saturated heterocycles. The van der Waals surface area contributed by atoms with Crippen molar-refractivity contribution in [2.75, 3.05) is 6.54 Å². The predicted octanol–water partition coefficient (Wildman–Crippen LogP) is 4.41. The highest BCUT2D eigenvalue weighted by Gasteiger charge is 2.47. The summed E-state index contributed by atoms with van der Waals surface area (Å²) in [5.74, 6) is 0.722. The van der Waals surface area contributed by atoms with Crippen molar-refractivity contribution in [1.29, 1.82) is 0 Å². The van der Waals surface area contributed by atoms with Gasteiger partial charge in [0.2, 0.25) is 0 Å². The molecule has 1 unspecified atom stereocenters. The van der Waals surface area contributed by atoms with Crippen molar-refractivity contribution in [2.45, 2.75) is 44.7 Å². The smallest absolute Gasteiger partial charge is 0.0236 e. The highest BCUT2D eigenvalue weighted by molar-refractivity contribution is 5.39. The van der Waals surface area contributed by atoms with Crippen LogP contribution in [0, 0.1) is 5.92 Å². The Balaban J connectivity index is 1.66. The molecule has 1 fully saturated rings. The summed E-state index contributed by atoms with van der Waals surface area (Å²) in [7, 11) is 0. The lowest BCUT2D eigenvalue weighted by Gasteiger charge is -2.54. The molecule has 2 bridgehead atoms. The number of hydrogen-bond acceptors (Lipinski definition) is 1. The summed E-state index contributed by atoms with van der Waals surface area (Å²) in [6.07, 6.45) is 2.48. The lowest BCUT2D eigenvalue weighted by atomic mass is 9.59. The molecule has 0 aromatic heterocycles. The molecule has 0 radical (unpaired) electrons. The van der Waals surface area contributed by atoms with Crippen molar-refractivity contribution >= 4 is 0 Å². The average molecular weight is 291 g/mol. The molecular formula is C21H25N. The molecule has 0 spiro atoms. The fraction of sp³-hybridized carbons (Fsp3) is 0.429. The van der Waals surface area contributed by atoms with Crippen LogP contribution in [-0.4, -0.2) is 17.5 Å². The van der Waals surface area contributed by atoms with Gasteiger partial charge in [-0.1, -0.05) is 68.4 Å². The van der Waals surface area contributed by atoms with Crippen molar-refractivity contribution < 1.29 is 0 Å². The fourth-order valence-electron chi connectivity index (χ4n) is 4.69. The summed E-state index contributed by atoms with van der Waals surface area (Å²) in [5.41, 5.74) is 4.98. The number of benzene rings is 2. The molecule has 3 atom stereocenters. The molecule has 0 saturated carbocycles. The van der Waals surface area contributed by atoms with E-state index in [2.05, 4.69) is 73.3 Å². The Bertz CT molecular complexity index is 663. The minimum Gasteiger partial charge on any atom is -0.295 e. The molecule has 4 rings (SSSR count). The molecule has 1 aliphatic carbocycles. The average Bonchev–Trinajstić information content (AvgIpc) is 2.55. The second kappa shape index (κ2) is 5.24. The van der Waals surface area contributed by atoms with Crippen molar-refractivity contribution in [2.24, 2.45) is 5.92 Å². The van der Waals surface area contributed by atoms with Crippen LogP contribution in [0.3, 0.4) is 0 Å². The van der Waals surface area contributed by atoms with Crippen LogP contribution in [0.4, 0.5) is 0 Å². The SMILES string of the molecule is CC1[C@@H]2Cc3ccccc3[C@@]1(C)CCN2Cc1ccccc1. The van der Waals surface area contributed by atoms with Gasteiger partial charge < -0.3 is 0 Å². The molecule has 1 nitrogen and oxygen atoms in total. The van der Waals surface area contributed by atoms with Gasteiger partial charge >= 0.3 is 0 Å². The van der Waals surface area contributed by atoms with E-state index in [4.69, 9.17) is 0 Å². The van der Waals surface area contributed by atoms with E-state index in [0.717, 1.165) is 12.5 Å². The van der Waals surface area contributed by atoms with Crippen molar-refractivity contribution in [3.63, 3.8) is 0 Å². The van der Waals surface area contributed by atoms with E-state index in [1.807, 2.05) is 0 Å². The van der Waals surface area contributed by atoms with Gasteiger partial charge in [0.05, 0.1) is 0 Å². The van der Waals surface area contributed by atoms with Gasteiger partial charge in [0.15, 0.2) is 0 Å². The summed E-state index contributed by atoms with van der Waals surface area (Å²) in [6, 6.07) is 20.7. The number of rotatable bonds is 2. The van der Waals surface area contributed by atoms with E-state index in [1.54, 1.807) is 11.1 Å². The monoisotopic (exact) mass is 291 g/mol. The Kier molecular flexibility index (Phi) is 3.34. The largest absolute Gasteiger partial charge is 0.295 e.